The quantitative estimate of drug-likeness (QED) is 0.867. The number of hydrogen-bond acceptors (Lipinski definition) is 5. The van der Waals surface area contributed by atoms with Gasteiger partial charge in [-0.25, -0.2) is 12.8 Å². The highest BCUT2D eigenvalue weighted by atomic mass is 32.2. The number of amides is 1. The Morgan fingerprint density at radius 1 is 1.07 bits per heavy atom. The van der Waals surface area contributed by atoms with Gasteiger partial charge in [-0.1, -0.05) is 6.07 Å². The molecule has 1 saturated heterocycles. The predicted octanol–water partition coefficient (Wildman–Crippen LogP) is 2.37. The molecule has 0 radical (unpaired) electrons. The van der Waals surface area contributed by atoms with Gasteiger partial charge >= 0.3 is 0 Å². The third kappa shape index (κ3) is 4.28. The SMILES string of the molecule is CC(=O)Nc1cc(N2CCN(C)CC2)ccc1S(=O)(=O)c1cccc(F)c1. The van der Waals surface area contributed by atoms with Crippen LogP contribution in [0.25, 0.3) is 0 Å². The standard InChI is InChI=1S/C19H22FN3O3S/c1-14(24)21-18-13-16(23-10-8-22(2)9-11-23)6-7-19(18)27(25,26)17-5-3-4-15(20)12-17/h3-7,12-13H,8-11H2,1-2H3,(H,21,24). The van der Waals surface area contributed by atoms with Crippen molar-refractivity contribution in [3.8, 4) is 0 Å². The van der Waals surface area contributed by atoms with E-state index in [4.69, 9.17) is 0 Å². The number of sulfone groups is 1. The number of benzene rings is 2. The van der Waals surface area contributed by atoms with E-state index >= 15 is 0 Å². The average molecular weight is 391 g/mol. The zero-order chi connectivity index (χ0) is 19.6. The summed E-state index contributed by atoms with van der Waals surface area (Å²) in [6, 6.07) is 9.70. The molecule has 0 spiro atoms. The lowest BCUT2D eigenvalue weighted by molar-refractivity contribution is -0.114. The fraction of sp³-hybridized carbons (Fsp3) is 0.316. The summed E-state index contributed by atoms with van der Waals surface area (Å²) in [6.45, 7) is 4.75. The Balaban J connectivity index is 2.03. The lowest BCUT2D eigenvalue weighted by atomic mass is 10.2. The molecular weight excluding hydrogens is 369 g/mol. The molecule has 0 saturated carbocycles. The van der Waals surface area contributed by atoms with Gasteiger partial charge in [-0.3, -0.25) is 4.79 Å². The number of likely N-dealkylation sites (N-methyl/N-ethyl adjacent to an activating group) is 1. The maximum Gasteiger partial charge on any atom is 0.221 e. The Morgan fingerprint density at radius 3 is 2.41 bits per heavy atom. The van der Waals surface area contributed by atoms with E-state index in [1.807, 2.05) is 0 Å². The van der Waals surface area contributed by atoms with Gasteiger partial charge in [0.1, 0.15) is 5.82 Å². The van der Waals surface area contributed by atoms with Crippen LogP contribution >= 0.6 is 0 Å². The summed E-state index contributed by atoms with van der Waals surface area (Å²) in [5, 5.41) is 2.60. The molecule has 8 heteroatoms. The van der Waals surface area contributed by atoms with Crippen LogP contribution in [-0.4, -0.2) is 52.5 Å². The van der Waals surface area contributed by atoms with Gasteiger partial charge in [-0.05, 0) is 43.4 Å². The van der Waals surface area contributed by atoms with Gasteiger partial charge in [0, 0.05) is 38.8 Å². The molecule has 144 valence electrons. The van der Waals surface area contributed by atoms with Crippen molar-refractivity contribution in [1.29, 1.82) is 0 Å². The van der Waals surface area contributed by atoms with E-state index in [-0.39, 0.29) is 21.4 Å². The van der Waals surface area contributed by atoms with Crippen LogP contribution < -0.4 is 10.2 Å². The van der Waals surface area contributed by atoms with Crippen molar-refractivity contribution < 1.29 is 17.6 Å². The smallest absolute Gasteiger partial charge is 0.221 e. The highest BCUT2D eigenvalue weighted by Gasteiger charge is 2.24. The van der Waals surface area contributed by atoms with Crippen LogP contribution in [0.4, 0.5) is 15.8 Å². The number of anilines is 2. The lowest BCUT2D eigenvalue weighted by Crippen LogP contribution is -2.44. The van der Waals surface area contributed by atoms with Gasteiger partial charge in [0.05, 0.1) is 15.5 Å². The summed E-state index contributed by atoms with van der Waals surface area (Å²) >= 11 is 0. The molecule has 0 aliphatic carbocycles. The molecule has 0 aromatic heterocycles. The molecule has 3 rings (SSSR count). The molecule has 1 amide bonds. The first kappa shape index (κ1) is 19.3. The first-order chi connectivity index (χ1) is 12.8. The average Bonchev–Trinajstić information content (AvgIpc) is 2.61. The molecule has 6 nitrogen and oxygen atoms in total. The summed E-state index contributed by atoms with van der Waals surface area (Å²) in [6.07, 6.45) is 0. The molecule has 27 heavy (non-hydrogen) atoms. The van der Waals surface area contributed by atoms with Crippen LogP contribution in [0.5, 0.6) is 0 Å². The minimum Gasteiger partial charge on any atom is -0.369 e. The molecule has 0 atom stereocenters. The van der Waals surface area contributed by atoms with Crippen molar-refractivity contribution in [1.82, 2.24) is 4.90 Å². The van der Waals surface area contributed by atoms with Crippen molar-refractivity contribution in [2.75, 3.05) is 43.4 Å². The second kappa shape index (κ2) is 7.66. The molecule has 1 N–H and O–H groups in total. The fourth-order valence-electron chi connectivity index (χ4n) is 3.06. The number of rotatable bonds is 4. The number of nitrogens with one attached hydrogen (secondary N) is 1. The maximum atomic E-state index is 13.5. The van der Waals surface area contributed by atoms with Crippen molar-refractivity contribution in [3.63, 3.8) is 0 Å². The molecule has 1 aliphatic rings. The minimum atomic E-state index is -3.98. The lowest BCUT2D eigenvalue weighted by Gasteiger charge is -2.34. The molecule has 1 fully saturated rings. The molecule has 1 heterocycles. The van der Waals surface area contributed by atoms with Gasteiger partial charge in [0.25, 0.3) is 0 Å². The van der Waals surface area contributed by atoms with Crippen molar-refractivity contribution in [2.45, 2.75) is 16.7 Å². The number of hydrogen-bond donors (Lipinski definition) is 1. The third-order valence-electron chi connectivity index (χ3n) is 4.54. The van der Waals surface area contributed by atoms with Crippen LogP contribution in [-0.2, 0) is 14.6 Å². The van der Waals surface area contributed by atoms with E-state index in [0.717, 1.165) is 37.9 Å². The molecule has 2 aromatic rings. The van der Waals surface area contributed by atoms with E-state index in [1.165, 1.54) is 31.2 Å². The van der Waals surface area contributed by atoms with Gasteiger partial charge in [0.15, 0.2) is 0 Å². The first-order valence-electron chi connectivity index (χ1n) is 8.63. The Labute approximate surface area is 158 Å². The van der Waals surface area contributed by atoms with E-state index in [2.05, 4.69) is 22.2 Å². The van der Waals surface area contributed by atoms with Crippen molar-refractivity contribution >= 4 is 27.1 Å². The van der Waals surface area contributed by atoms with Gasteiger partial charge in [0.2, 0.25) is 15.7 Å². The zero-order valence-corrected chi connectivity index (χ0v) is 16.1. The zero-order valence-electron chi connectivity index (χ0n) is 15.3. The predicted molar refractivity (Wildman–Crippen MR) is 102 cm³/mol. The second-order valence-electron chi connectivity index (χ2n) is 6.61. The molecule has 1 aliphatic heterocycles. The summed E-state index contributed by atoms with van der Waals surface area (Å²) in [7, 11) is -1.93. The monoisotopic (exact) mass is 391 g/mol. The number of halogens is 1. The topological polar surface area (TPSA) is 69.7 Å². The van der Waals surface area contributed by atoms with E-state index in [9.17, 15) is 17.6 Å². The van der Waals surface area contributed by atoms with E-state index in [1.54, 1.807) is 12.1 Å². The Hall–Kier alpha value is -2.45. The van der Waals surface area contributed by atoms with Crippen LogP contribution in [0.2, 0.25) is 0 Å². The summed E-state index contributed by atoms with van der Waals surface area (Å²) in [5.41, 5.74) is 1.04. The number of nitrogens with zero attached hydrogens (tertiary/aromatic N) is 2. The molecule has 2 aromatic carbocycles. The maximum absolute atomic E-state index is 13.5. The van der Waals surface area contributed by atoms with Crippen LogP contribution in [0.3, 0.4) is 0 Å². The number of carbonyl (C=O) groups is 1. The molecule has 0 unspecified atom stereocenters. The van der Waals surface area contributed by atoms with Gasteiger partial charge in [-0.15, -0.1) is 0 Å². The molecule has 0 bridgehead atoms. The Morgan fingerprint density at radius 2 is 1.78 bits per heavy atom. The molecular formula is C19H22FN3O3S. The highest BCUT2D eigenvalue weighted by Crippen LogP contribution is 2.32. The Kier molecular flexibility index (Phi) is 5.48. The largest absolute Gasteiger partial charge is 0.369 e. The fourth-order valence-corrected chi connectivity index (χ4v) is 4.49. The first-order valence-corrected chi connectivity index (χ1v) is 10.1. The summed E-state index contributed by atoms with van der Waals surface area (Å²) in [4.78, 5) is 15.8. The van der Waals surface area contributed by atoms with E-state index < -0.39 is 15.7 Å². The van der Waals surface area contributed by atoms with Crippen LogP contribution in [0.15, 0.2) is 52.3 Å². The van der Waals surface area contributed by atoms with Crippen LogP contribution in [0, 0.1) is 5.82 Å². The minimum absolute atomic E-state index is 0.0545. The number of piperazine rings is 1. The van der Waals surface area contributed by atoms with E-state index in [0.29, 0.717) is 0 Å². The second-order valence-corrected chi connectivity index (χ2v) is 8.53. The van der Waals surface area contributed by atoms with Crippen molar-refractivity contribution in [2.24, 2.45) is 0 Å². The third-order valence-corrected chi connectivity index (χ3v) is 6.35. The summed E-state index contributed by atoms with van der Waals surface area (Å²) in [5.74, 6) is -1.01. The normalized spacial score (nSPS) is 15.6. The Bertz CT molecular complexity index is 954. The highest BCUT2D eigenvalue weighted by molar-refractivity contribution is 7.91. The van der Waals surface area contributed by atoms with Crippen LogP contribution in [0.1, 0.15) is 6.92 Å². The number of carbonyl (C=O) groups excluding carboxylic acids is 1. The van der Waals surface area contributed by atoms with Crippen molar-refractivity contribution in [3.05, 3.63) is 48.3 Å². The van der Waals surface area contributed by atoms with Gasteiger partial charge < -0.3 is 15.1 Å². The summed E-state index contributed by atoms with van der Waals surface area (Å²) < 4.78 is 39.5. The van der Waals surface area contributed by atoms with Gasteiger partial charge in [-0.2, -0.15) is 0 Å².